The van der Waals surface area contributed by atoms with Crippen molar-refractivity contribution in [3.05, 3.63) is 69.2 Å². The van der Waals surface area contributed by atoms with Crippen LogP contribution in [0.25, 0.3) is 0 Å². The van der Waals surface area contributed by atoms with Gasteiger partial charge in [-0.25, -0.2) is 0 Å². The van der Waals surface area contributed by atoms with Crippen molar-refractivity contribution in [2.24, 2.45) is 5.73 Å². The summed E-state index contributed by atoms with van der Waals surface area (Å²) in [7, 11) is 0. The maximum atomic E-state index is 6.28. The number of nitrogens with two attached hydrogens (primary N) is 1. The summed E-state index contributed by atoms with van der Waals surface area (Å²) in [6.45, 7) is 6.62. The van der Waals surface area contributed by atoms with Crippen molar-refractivity contribution >= 4 is 23.2 Å². The lowest BCUT2D eigenvalue weighted by Crippen LogP contribution is -2.15. The van der Waals surface area contributed by atoms with Gasteiger partial charge in [0.2, 0.25) is 0 Å². The molecule has 0 radical (unpaired) electrons. The Morgan fingerprint density at radius 1 is 0.952 bits per heavy atom. The molecule has 2 rings (SSSR count). The molecule has 21 heavy (non-hydrogen) atoms. The van der Waals surface area contributed by atoms with E-state index in [9.17, 15) is 0 Å². The van der Waals surface area contributed by atoms with Gasteiger partial charge in [0.05, 0.1) is 0 Å². The van der Waals surface area contributed by atoms with Crippen LogP contribution in [0, 0.1) is 0 Å². The molecule has 0 aliphatic carbocycles. The monoisotopic (exact) mass is 321 g/mol. The average Bonchev–Trinajstić information content (AvgIpc) is 2.38. The van der Waals surface area contributed by atoms with E-state index in [4.69, 9.17) is 28.9 Å². The quantitative estimate of drug-likeness (QED) is 0.789. The molecule has 112 valence electrons. The normalized spacial score (nSPS) is 13.2. The topological polar surface area (TPSA) is 26.0 Å². The number of halogens is 2. The van der Waals surface area contributed by atoms with Crippen molar-refractivity contribution in [1.29, 1.82) is 0 Å². The van der Waals surface area contributed by atoms with Crippen LogP contribution in [0.15, 0.2) is 42.5 Å². The Kier molecular flexibility index (Phi) is 4.98. The average molecular weight is 322 g/mol. The fourth-order valence-electron chi connectivity index (χ4n) is 2.36. The first-order valence-electron chi connectivity index (χ1n) is 7.08. The zero-order chi connectivity index (χ0) is 15.6. The number of hydrogen-bond acceptors (Lipinski definition) is 1. The summed E-state index contributed by atoms with van der Waals surface area (Å²) in [4.78, 5) is 0. The van der Waals surface area contributed by atoms with Crippen LogP contribution in [0.4, 0.5) is 0 Å². The molecule has 0 spiro atoms. The highest BCUT2D eigenvalue weighted by atomic mass is 35.5. The van der Waals surface area contributed by atoms with Crippen LogP contribution in [0.2, 0.25) is 10.0 Å². The summed E-state index contributed by atoms with van der Waals surface area (Å²) < 4.78 is 0. The minimum atomic E-state index is -0.202. The first kappa shape index (κ1) is 16.4. The molecule has 3 heteroatoms. The largest absolute Gasteiger partial charge is 0.324 e. The van der Waals surface area contributed by atoms with Crippen LogP contribution in [-0.4, -0.2) is 0 Å². The van der Waals surface area contributed by atoms with Crippen molar-refractivity contribution < 1.29 is 0 Å². The summed E-state index contributed by atoms with van der Waals surface area (Å²) in [6.07, 6.45) is 0.716. The molecular formula is C18H21Cl2N. The number of rotatable bonds is 3. The van der Waals surface area contributed by atoms with Crippen LogP contribution in [-0.2, 0) is 11.8 Å². The van der Waals surface area contributed by atoms with Gasteiger partial charge in [-0.1, -0.05) is 74.3 Å². The molecule has 0 heterocycles. The molecule has 1 nitrogen and oxygen atoms in total. The smallest absolute Gasteiger partial charge is 0.0468 e. The number of hydrogen-bond donors (Lipinski definition) is 1. The van der Waals surface area contributed by atoms with Crippen LogP contribution in [0.5, 0.6) is 0 Å². The molecule has 0 aromatic heterocycles. The van der Waals surface area contributed by atoms with Gasteiger partial charge in [0.1, 0.15) is 0 Å². The zero-order valence-corrected chi connectivity index (χ0v) is 14.2. The van der Waals surface area contributed by atoms with Crippen LogP contribution in [0.1, 0.15) is 43.5 Å². The molecule has 1 unspecified atom stereocenters. The Balaban J connectivity index is 2.18. The first-order valence-corrected chi connectivity index (χ1v) is 7.83. The third-order valence-corrected chi connectivity index (χ3v) is 4.31. The van der Waals surface area contributed by atoms with Crippen molar-refractivity contribution in [1.82, 2.24) is 0 Å². The lowest BCUT2D eigenvalue weighted by molar-refractivity contribution is 0.589. The SMILES string of the molecule is CC(C)(C)c1ccc(CC(N)c2c(Cl)cccc2Cl)cc1. The van der Waals surface area contributed by atoms with Gasteiger partial charge in [-0.05, 0) is 35.1 Å². The van der Waals surface area contributed by atoms with Crippen molar-refractivity contribution in [2.45, 2.75) is 38.6 Å². The fourth-order valence-corrected chi connectivity index (χ4v) is 3.04. The predicted molar refractivity (Wildman–Crippen MR) is 92.2 cm³/mol. The van der Waals surface area contributed by atoms with Gasteiger partial charge in [-0.15, -0.1) is 0 Å². The molecule has 0 saturated carbocycles. The van der Waals surface area contributed by atoms with Crippen molar-refractivity contribution in [2.75, 3.05) is 0 Å². The van der Waals surface area contributed by atoms with Crippen LogP contribution >= 0.6 is 23.2 Å². The second-order valence-corrected chi connectivity index (χ2v) is 7.21. The summed E-state index contributed by atoms with van der Waals surface area (Å²) >= 11 is 12.4. The molecular weight excluding hydrogens is 301 g/mol. The minimum Gasteiger partial charge on any atom is -0.324 e. The van der Waals surface area contributed by atoms with Crippen molar-refractivity contribution in [3.8, 4) is 0 Å². The Bertz CT molecular complexity index is 592. The molecule has 0 saturated heterocycles. The zero-order valence-electron chi connectivity index (χ0n) is 12.7. The molecule has 1 atom stereocenters. The van der Waals surface area contributed by atoms with Gasteiger partial charge in [-0.2, -0.15) is 0 Å². The molecule has 2 aromatic carbocycles. The Morgan fingerprint density at radius 2 is 1.48 bits per heavy atom. The third-order valence-electron chi connectivity index (χ3n) is 3.65. The fraction of sp³-hybridized carbons (Fsp3) is 0.333. The summed E-state index contributed by atoms with van der Waals surface area (Å²) in [5.41, 5.74) is 9.77. The summed E-state index contributed by atoms with van der Waals surface area (Å²) in [6, 6.07) is 13.9. The molecule has 0 bridgehead atoms. The van der Waals surface area contributed by atoms with Gasteiger partial charge < -0.3 is 5.73 Å². The van der Waals surface area contributed by atoms with Gasteiger partial charge in [0.15, 0.2) is 0 Å². The Labute approximate surface area is 137 Å². The molecule has 0 aliphatic heterocycles. The molecule has 2 aromatic rings. The first-order chi connectivity index (χ1) is 9.79. The lowest BCUT2D eigenvalue weighted by atomic mass is 9.86. The minimum absolute atomic E-state index is 0.159. The summed E-state index contributed by atoms with van der Waals surface area (Å²) in [5, 5.41) is 1.25. The lowest BCUT2D eigenvalue weighted by Gasteiger charge is -2.20. The number of benzene rings is 2. The Hall–Kier alpha value is -1.02. The Morgan fingerprint density at radius 3 is 1.95 bits per heavy atom. The molecule has 0 aliphatic rings. The van der Waals surface area contributed by atoms with Gasteiger partial charge in [-0.3, -0.25) is 0 Å². The van der Waals surface area contributed by atoms with Crippen LogP contribution in [0.3, 0.4) is 0 Å². The third kappa shape index (κ3) is 4.00. The van der Waals surface area contributed by atoms with E-state index < -0.39 is 0 Å². The maximum Gasteiger partial charge on any atom is 0.0468 e. The molecule has 0 fully saturated rings. The highest BCUT2D eigenvalue weighted by Crippen LogP contribution is 2.31. The van der Waals surface area contributed by atoms with Crippen LogP contribution < -0.4 is 5.73 Å². The van der Waals surface area contributed by atoms with Crippen molar-refractivity contribution in [3.63, 3.8) is 0 Å². The highest BCUT2D eigenvalue weighted by molar-refractivity contribution is 6.36. The van der Waals surface area contributed by atoms with Gasteiger partial charge >= 0.3 is 0 Å². The molecule has 0 amide bonds. The highest BCUT2D eigenvalue weighted by Gasteiger charge is 2.16. The van der Waals surface area contributed by atoms with E-state index >= 15 is 0 Å². The maximum absolute atomic E-state index is 6.28. The van der Waals surface area contributed by atoms with E-state index in [1.807, 2.05) is 18.2 Å². The van der Waals surface area contributed by atoms with E-state index in [1.54, 1.807) is 0 Å². The van der Waals surface area contributed by atoms with Gasteiger partial charge in [0, 0.05) is 21.7 Å². The second-order valence-electron chi connectivity index (χ2n) is 6.39. The van der Waals surface area contributed by atoms with Gasteiger partial charge in [0.25, 0.3) is 0 Å². The van der Waals surface area contributed by atoms with E-state index in [2.05, 4.69) is 45.0 Å². The summed E-state index contributed by atoms with van der Waals surface area (Å²) in [5.74, 6) is 0. The predicted octanol–water partition coefficient (Wildman–Crippen LogP) is 5.53. The molecule has 2 N–H and O–H groups in total. The van der Waals surface area contributed by atoms with E-state index in [0.717, 1.165) is 5.56 Å². The van der Waals surface area contributed by atoms with E-state index in [-0.39, 0.29) is 11.5 Å². The second kappa shape index (κ2) is 6.39. The standard InChI is InChI=1S/C18H21Cl2N/c1-18(2,3)13-9-7-12(8-10-13)11-16(21)17-14(19)5-4-6-15(17)20/h4-10,16H,11,21H2,1-3H3. The van der Waals surface area contributed by atoms with E-state index in [1.165, 1.54) is 11.1 Å². The van der Waals surface area contributed by atoms with E-state index in [0.29, 0.717) is 16.5 Å².